The average Bonchev–Trinajstić information content (AvgIpc) is 2.82. The van der Waals surface area contributed by atoms with Gasteiger partial charge < -0.3 is 28.0 Å². The Hall–Kier alpha value is -3.47. The van der Waals surface area contributed by atoms with Crippen molar-refractivity contribution in [2.75, 3.05) is 39.9 Å². The molecule has 1 aliphatic heterocycles. The maximum absolute atomic E-state index is 12.1. The van der Waals surface area contributed by atoms with Crippen LogP contribution in [0.15, 0.2) is 48.6 Å². The summed E-state index contributed by atoms with van der Waals surface area (Å²) < 4.78 is 56.8. The first kappa shape index (κ1) is 27.6. The zero-order valence-electron chi connectivity index (χ0n) is 19.4. The normalized spacial score (nSPS) is 12.3. The van der Waals surface area contributed by atoms with Crippen LogP contribution in [-0.4, -0.2) is 49.3 Å². The molecule has 1 aliphatic rings. The highest BCUT2D eigenvalue weighted by Crippen LogP contribution is 2.42. The molecule has 1 fully saturated rings. The van der Waals surface area contributed by atoms with Gasteiger partial charge in [-0.1, -0.05) is 36.4 Å². The van der Waals surface area contributed by atoms with Crippen LogP contribution < -0.4 is 28.0 Å². The predicted molar refractivity (Wildman–Crippen MR) is 123 cm³/mol. The third kappa shape index (κ3) is 7.28. The van der Waals surface area contributed by atoms with E-state index < -0.39 is 10.5 Å². The van der Waals surface area contributed by atoms with Crippen molar-refractivity contribution in [3.05, 3.63) is 48.6 Å². The van der Waals surface area contributed by atoms with Crippen LogP contribution in [0.4, 0.5) is 9.57 Å². The van der Waals surface area contributed by atoms with E-state index in [-0.39, 0.29) is 17.4 Å². The van der Waals surface area contributed by atoms with E-state index in [1.54, 1.807) is 23.1 Å². The van der Waals surface area contributed by atoms with Gasteiger partial charge in [0, 0.05) is 17.7 Å². The molecule has 1 heterocycles. The molecule has 0 saturated carbocycles. The monoisotopic (exact) mass is 485 g/mol. The van der Waals surface area contributed by atoms with E-state index in [4.69, 9.17) is 18.9 Å². The lowest BCUT2D eigenvalue weighted by Crippen LogP contribution is -2.45. The predicted octanol–water partition coefficient (Wildman–Crippen LogP) is 3.93. The second-order valence-electron chi connectivity index (χ2n) is 6.01. The molecular formula is C22H28FNO8S. The lowest BCUT2D eigenvalue weighted by molar-refractivity contribution is -0.117. The molecule has 2 aromatic rings. The van der Waals surface area contributed by atoms with Crippen molar-refractivity contribution in [2.24, 2.45) is 0 Å². The fourth-order valence-electron chi connectivity index (χ4n) is 2.66. The lowest BCUT2D eigenvalue weighted by Gasteiger charge is -2.33. The summed E-state index contributed by atoms with van der Waals surface area (Å²) in [5, 5.41) is 0. The number of carbonyl (C=O) groups excluding carboxylic acids is 1. The van der Waals surface area contributed by atoms with Crippen LogP contribution in [0.3, 0.4) is 0 Å². The number of β-lactam (4-membered cyclic amide) rings is 1. The summed E-state index contributed by atoms with van der Waals surface area (Å²) in [6.07, 6.45) is 0. The van der Waals surface area contributed by atoms with Crippen molar-refractivity contribution >= 4 is 22.1 Å². The Labute approximate surface area is 193 Å². The van der Waals surface area contributed by atoms with E-state index in [0.29, 0.717) is 35.1 Å². The topological polar surface area (TPSA) is 101 Å². The quantitative estimate of drug-likeness (QED) is 0.330. The Morgan fingerprint density at radius 3 is 1.73 bits per heavy atom. The molecule has 2 aromatic carbocycles. The van der Waals surface area contributed by atoms with E-state index in [1.807, 2.05) is 13.8 Å². The number of anilines is 1. The third-order valence-corrected chi connectivity index (χ3v) is 4.49. The van der Waals surface area contributed by atoms with Crippen LogP contribution in [0.2, 0.25) is 0 Å². The van der Waals surface area contributed by atoms with E-state index in [0.717, 1.165) is 0 Å². The molecule has 33 heavy (non-hydrogen) atoms. The number of halogens is 1. The SMILES string of the molecule is C=C1CN(c2cc(OC)c(OC)c(OC)c2)C1=O.CC.COc1ccccc1OS(=O)(=O)F. The summed E-state index contributed by atoms with van der Waals surface area (Å²) in [4.78, 5) is 13.2. The largest absolute Gasteiger partial charge is 0.493 e. The van der Waals surface area contributed by atoms with Crippen LogP contribution in [-0.2, 0) is 15.3 Å². The van der Waals surface area contributed by atoms with Gasteiger partial charge in [-0.3, -0.25) is 4.79 Å². The number of hydrogen-bond donors (Lipinski definition) is 0. The van der Waals surface area contributed by atoms with Crippen molar-refractivity contribution in [3.63, 3.8) is 0 Å². The molecule has 0 aliphatic carbocycles. The number of methoxy groups -OCH3 is 4. The number of ether oxygens (including phenoxy) is 4. The molecule has 9 nitrogen and oxygen atoms in total. The van der Waals surface area contributed by atoms with Gasteiger partial charge in [-0.15, -0.1) is 0 Å². The third-order valence-electron chi connectivity index (χ3n) is 4.12. The van der Waals surface area contributed by atoms with E-state index >= 15 is 0 Å². The van der Waals surface area contributed by atoms with Gasteiger partial charge in [-0.05, 0) is 12.1 Å². The Morgan fingerprint density at radius 1 is 0.879 bits per heavy atom. The second kappa shape index (κ2) is 12.5. The molecule has 0 N–H and O–H groups in total. The molecule has 3 rings (SSSR count). The minimum absolute atomic E-state index is 0.0794. The van der Waals surface area contributed by atoms with Gasteiger partial charge in [-0.25, -0.2) is 0 Å². The highest BCUT2D eigenvalue weighted by atomic mass is 32.3. The fraction of sp³-hybridized carbons (Fsp3) is 0.318. The van der Waals surface area contributed by atoms with Gasteiger partial charge in [0.2, 0.25) is 5.75 Å². The van der Waals surface area contributed by atoms with Crippen LogP contribution in [0.5, 0.6) is 28.7 Å². The smallest absolute Gasteiger partial charge is 0.488 e. The summed E-state index contributed by atoms with van der Waals surface area (Å²) in [5.41, 5.74) is 1.31. The lowest BCUT2D eigenvalue weighted by atomic mass is 10.1. The van der Waals surface area contributed by atoms with Crippen molar-refractivity contribution < 1.29 is 40.2 Å². The van der Waals surface area contributed by atoms with Crippen LogP contribution in [0, 0.1) is 0 Å². The van der Waals surface area contributed by atoms with Crippen molar-refractivity contribution in [1.82, 2.24) is 0 Å². The first-order chi connectivity index (χ1) is 15.6. The summed E-state index contributed by atoms with van der Waals surface area (Å²) in [6, 6.07) is 9.34. The molecule has 1 saturated heterocycles. The minimum atomic E-state index is -4.99. The molecule has 0 aromatic heterocycles. The molecule has 1 amide bonds. The zero-order valence-corrected chi connectivity index (χ0v) is 20.2. The Morgan fingerprint density at radius 2 is 1.36 bits per heavy atom. The molecule has 11 heteroatoms. The van der Waals surface area contributed by atoms with E-state index in [2.05, 4.69) is 10.8 Å². The van der Waals surface area contributed by atoms with Gasteiger partial charge in [-0.2, -0.15) is 8.42 Å². The minimum Gasteiger partial charge on any atom is -0.493 e. The average molecular weight is 486 g/mol. The number of hydrogen-bond acceptors (Lipinski definition) is 8. The van der Waals surface area contributed by atoms with Crippen LogP contribution in [0.25, 0.3) is 0 Å². The number of rotatable bonds is 7. The number of carbonyl (C=O) groups is 1. The highest BCUT2D eigenvalue weighted by molar-refractivity contribution is 7.81. The van der Waals surface area contributed by atoms with Gasteiger partial charge in [0.05, 0.1) is 40.7 Å². The number of amides is 1. The molecule has 182 valence electrons. The first-order valence-electron chi connectivity index (χ1n) is 9.71. The maximum Gasteiger partial charge on any atom is 0.488 e. The molecular weight excluding hydrogens is 457 g/mol. The molecule has 0 unspecified atom stereocenters. The van der Waals surface area contributed by atoms with Gasteiger partial charge in [0.25, 0.3) is 5.91 Å². The summed E-state index contributed by atoms with van der Waals surface area (Å²) in [6.45, 7) is 8.18. The molecule has 0 spiro atoms. The maximum atomic E-state index is 12.1. The fourth-order valence-corrected chi connectivity index (χ4v) is 3.01. The van der Waals surface area contributed by atoms with Crippen LogP contribution in [0.1, 0.15) is 13.8 Å². The summed E-state index contributed by atoms with van der Waals surface area (Å²) in [7, 11) is 0.954. The number of nitrogens with zero attached hydrogens (tertiary/aromatic N) is 1. The van der Waals surface area contributed by atoms with Crippen molar-refractivity contribution in [3.8, 4) is 28.7 Å². The van der Waals surface area contributed by atoms with Crippen LogP contribution >= 0.6 is 0 Å². The first-order valence-corrected chi connectivity index (χ1v) is 11.0. The Balaban J connectivity index is 0.000000322. The molecule has 0 atom stereocenters. The molecule has 0 radical (unpaired) electrons. The second-order valence-corrected chi connectivity index (χ2v) is 6.96. The van der Waals surface area contributed by atoms with E-state index in [1.165, 1.54) is 46.6 Å². The summed E-state index contributed by atoms with van der Waals surface area (Å²) >= 11 is 0. The number of benzene rings is 2. The Bertz CT molecular complexity index is 1050. The van der Waals surface area contributed by atoms with E-state index in [9.17, 15) is 17.1 Å². The van der Waals surface area contributed by atoms with Gasteiger partial charge in [0.15, 0.2) is 23.0 Å². The van der Waals surface area contributed by atoms with Crippen molar-refractivity contribution in [2.45, 2.75) is 13.8 Å². The highest BCUT2D eigenvalue weighted by Gasteiger charge is 2.31. The van der Waals surface area contributed by atoms with Gasteiger partial charge in [0.1, 0.15) is 0 Å². The zero-order chi connectivity index (χ0) is 25.2. The number of para-hydroxylation sites is 2. The van der Waals surface area contributed by atoms with Crippen molar-refractivity contribution in [1.29, 1.82) is 0 Å². The summed E-state index contributed by atoms with van der Waals surface area (Å²) in [5.74, 6) is 1.46. The standard InChI is InChI=1S/C13H15NO4.C7H7FO4S.C2H6/c1-8-7-14(13(8)15)9-5-10(16-2)12(18-4)11(6-9)17-3;1-11-6-4-2-3-5-7(6)12-13(8,9)10;1-2/h5-6H,1,7H2,2-4H3;2-5H,1H3;1-2H3. The Kier molecular flexibility index (Phi) is 10.5. The van der Waals surface area contributed by atoms with Gasteiger partial charge >= 0.3 is 10.5 Å². The molecule has 0 bridgehead atoms.